The Labute approximate surface area is 206 Å². The third-order valence-electron chi connectivity index (χ3n) is 4.47. The summed E-state index contributed by atoms with van der Waals surface area (Å²) in [6.45, 7) is 2.67. The molecule has 0 fully saturated rings. The van der Waals surface area contributed by atoms with Gasteiger partial charge in [0.25, 0.3) is 11.8 Å². The van der Waals surface area contributed by atoms with E-state index >= 15 is 0 Å². The first kappa shape index (κ1) is 24.2. The van der Waals surface area contributed by atoms with Gasteiger partial charge in [-0.25, -0.2) is 5.43 Å². The summed E-state index contributed by atoms with van der Waals surface area (Å²) in [4.78, 5) is 25.5. The Morgan fingerprint density at radius 3 is 2.36 bits per heavy atom. The second kappa shape index (κ2) is 12.5. The molecule has 3 aromatic rings. The lowest BCUT2D eigenvalue weighted by Gasteiger charge is -2.10. The zero-order chi connectivity index (χ0) is 23.5. The van der Waals surface area contributed by atoms with Gasteiger partial charge in [0.15, 0.2) is 0 Å². The molecule has 0 radical (unpaired) electrons. The van der Waals surface area contributed by atoms with Gasteiger partial charge in [-0.1, -0.05) is 55.5 Å². The summed E-state index contributed by atoms with van der Waals surface area (Å²) in [7, 11) is 0. The maximum Gasteiger partial charge on any atom is 0.287 e. The molecule has 0 bridgehead atoms. The minimum absolute atomic E-state index is 0.0750. The highest BCUT2D eigenvalue weighted by atomic mass is 127. The Hall–Kier alpha value is -3.46. The van der Waals surface area contributed by atoms with Crippen molar-refractivity contribution in [3.05, 3.63) is 105 Å². The fourth-order valence-electron chi connectivity index (χ4n) is 2.79. The zero-order valence-electron chi connectivity index (χ0n) is 18.1. The fourth-order valence-corrected chi connectivity index (χ4v) is 3.32. The molecule has 0 saturated heterocycles. The van der Waals surface area contributed by atoms with E-state index in [0.717, 1.165) is 26.9 Å². The molecule has 7 heteroatoms. The van der Waals surface area contributed by atoms with Crippen molar-refractivity contribution in [2.45, 2.75) is 13.3 Å². The molecule has 3 rings (SSSR count). The molecule has 0 aliphatic rings. The maximum absolute atomic E-state index is 12.9. The van der Waals surface area contributed by atoms with Gasteiger partial charge in [-0.15, -0.1) is 0 Å². The van der Waals surface area contributed by atoms with Crippen molar-refractivity contribution in [2.24, 2.45) is 5.10 Å². The number of amides is 2. The van der Waals surface area contributed by atoms with E-state index in [1.54, 1.807) is 36.6 Å². The molecule has 0 spiro atoms. The van der Waals surface area contributed by atoms with Crippen LogP contribution in [-0.2, 0) is 4.79 Å². The maximum atomic E-state index is 12.9. The van der Waals surface area contributed by atoms with E-state index in [9.17, 15) is 9.59 Å². The Balaban J connectivity index is 1.79. The van der Waals surface area contributed by atoms with Crippen LogP contribution in [-0.4, -0.2) is 24.6 Å². The first-order valence-corrected chi connectivity index (χ1v) is 11.5. The van der Waals surface area contributed by atoms with Crippen molar-refractivity contribution in [2.75, 3.05) is 6.61 Å². The Morgan fingerprint density at radius 2 is 1.67 bits per heavy atom. The highest BCUT2D eigenvalue weighted by molar-refractivity contribution is 14.1. The molecule has 0 saturated carbocycles. The second-order valence-electron chi connectivity index (χ2n) is 7.02. The zero-order valence-corrected chi connectivity index (χ0v) is 20.3. The normalized spacial score (nSPS) is 11.3. The van der Waals surface area contributed by atoms with Gasteiger partial charge in [0.2, 0.25) is 0 Å². The number of halogens is 1. The molecule has 168 valence electrons. The van der Waals surface area contributed by atoms with E-state index < -0.39 is 5.91 Å². The molecule has 3 aromatic carbocycles. The summed E-state index contributed by atoms with van der Waals surface area (Å²) < 4.78 is 6.61. The monoisotopic (exact) mass is 553 g/mol. The first-order valence-electron chi connectivity index (χ1n) is 10.5. The fraction of sp³-hybridized carbons (Fsp3) is 0.115. The number of carbonyl (C=O) groups excluding carboxylic acids is 2. The van der Waals surface area contributed by atoms with Crippen molar-refractivity contribution in [3.63, 3.8) is 0 Å². The Morgan fingerprint density at radius 1 is 0.970 bits per heavy atom. The number of rotatable bonds is 9. The van der Waals surface area contributed by atoms with Crippen LogP contribution < -0.4 is 15.5 Å². The SMILES string of the molecule is CCCOc1ccc(C=C(NC(=O)c2ccccc2)C(=O)NN=Cc2ccccc2I)cc1. The van der Waals surface area contributed by atoms with Crippen molar-refractivity contribution >= 4 is 46.7 Å². The smallest absolute Gasteiger partial charge is 0.287 e. The molecule has 0 atom stereocenters. The largest absolute Gasteiger partial charge is 0.494 e. The lowest BCUT2D eigenvalue weighted by atomic mass is 10.1. The van der Waals surface area contributed by atoms with Gasteiger partial charge in [0.1, 0.15) is 11.4 Å². The summed E-state index contributed by atoms with van der Waals surface area (Å²) in [5, 5.41) is 6.75. The molecule has 0 heterocycles. The summed E-state index contributed by atoms with van der Waals surface area (Å²) in [5.41, 5.74) is 4.63. The van der Waals surface area contributed by atoms with Crippen LogP contribution in [0.1, 0.15) is 34.8 Å². The number of ether oxygens (including phenoxy) is 1. The average Bonchev–Trinajstić information content (AvgIpc) is 2.84. The number of benzene rings is 3. The lowest BCUT2D eigenvalue weighted by molar-refractivity contribution is -0.117. The minimum atomic E-state index is -0.534. The van der Waals surface area contributed by atoms with E-state index in [1.807, 2.05) is 61.5 Å². The number of nitrogens with zero attached hydrogens (tertiary/aromatic N) is 1. The van der Waals surface area contributed by atoms with Gasteiger partial charge in [0, 0.05) is 14.7 Å². The van der Waals surface area contributed by atoms with Crippen LogP contribution in [0.2, 0.25) is 0 Å². The third kappa shape index (κ3) is 7.57. The standard InChI is InChI=1S/C26H24IN3O3/c1-2-16-33-22-14-12-19(13-15-22)17-24(29-25(31)20-8-4-3-5-9-20)26(32)30-28-18-21-10-6-7-11-23(21)27/h3-15,17-18H,2,16H2,1H3,(H,29,31)(H,30,32). The minimum Gasteiger partial charge on any atom is -0.494 e. The average molecular weight is 553 g/mol. The van der Waals surface area contributed by atoms with E-state index in [0.29, 0.717) is 12.2 Å². The van der Waals surface area contributed by atoms with Gasteiger partial charge in [-0.3, -0.25) is 9.59 Å². The van der Waals surface area contributed by atoms with Crippen molar-refractivity contribution < 1.29 is 14.3 Å². The van der Waals surface area contributed by atoms with Crippen molar-refractivity contribution in [3.8, 4) is 5.75 Å². The molecule has 6 nitrogen and oxygen atoms in total. The second-order valence-corrected chi connectivity index (χ2v) is 8.18. The predicted molar refractivity (Wildman–Crippen MR) is 139 cm³/mol. The van der Waals surface area contributed by atoms with E-state index in [1.165, 1.54) is 0 Å². The first-order chi connectivity index (χ1) is 16.1. The molecular weight excluding hydrogens is 529 g/mol. The number of nitrogens with one attached hydrogen (secondary N) is 2. The van der Waals surface area contributed by atoms with Gasteiger partial charge in [-0.2, -0.15) is 5.10 Å². The van der Waals surface area contributed by atoms with Crippen LogP contribution >= 0.6 is 22.6 Å². The molecule has 0 aromatic heterocycles. The van der Waals surface area contributed by atoms with Crippen molar-refractivity contribution in [1.82, 2.24) is 10.7 Å². The number of carbonyl (C=O) groups is 2. The number of hydrogen-bond acceptors (Lipinski definition) is 4. The summed E-state index contributed by atoms with van der Waals surface area (Å²) in [6, 6.07) is 23.7. The van der Waals surface area contributed by atoms with Crippen LogP contribution in [0.5, 0.6) is 5.75 Å². The van der Waals surface area contributed by atoms with Gasteiger partial charge >= 0.3 is 0 Å². The van der Waals surface area contributed by atoms with Crippen LogP contribution in [0.25, 0.3) is 6.08 Å². The summed E-state index contributed by atoms with van der Waals surface area (Å²) in [5.74, 6) is -0.176. The number of hydrogen-bond donors (Lipinski definition) is 2. The Kier molecular flexibility index (Phi) is 9.19. The van der Waals surface area contributed by atoms with E-state index in [2.05, 4.69) is 38.4 Å². The molecule has 2 N–H and O–H groups in total. The number of hydrazone groups is 1. The highest BCUT2D eigenvalue weighted by Gasteiger charge is 2.14. The highest BCUT2D eigenvalue weighted by Crippen LogP contribution is 2.15. The molecule has 0 aliphatic carbocycles. The van der Waals surface area contributed by atoms with Gasteiger partial charge in [0.05, 0.1) is 12.8 Å². The van der Waals surface area contributed by atoms with Crippen LogP contribution in [0, 0.1) is 3.57 Å². The predicted octanol–water partition coefficient (Wildman–Crippen LogP) is 5.00. The van der Waals surface area contributed by atoms with E-state index in [-0.39, 0.29) is 11.6 Å². The lowest BCUT2D eigenvalue weighted by Crippen LogP contribution is -2.32. The van der Waals surface area contributed by atoms with Crippen LogP contribution in [0.3, 0.4) is 0 Å². The summed E-state index contributed by atoms with van der Waals surface area (Å²) in [6.07, 6.45) is 4.08. The molecule has 2 amide bonds. The summed E-state index contributed by atoms with van der Waals surface area (Å²) >= 11 is 2.20. The third-order valence-corrected chi connectivity index (χ3v) is 5.45. The quantitative estimate of drug-likeness (QED) is 0.170. The topological polar surface area (TPSA) is 79.8 Å². The van der Waals surface area contributed by atoms with Crippen LogP contribution in [0.15, 0.2) is 89.7 Å². The molecule has 0 aliphatic heterocycles. The molecule has 0 unspecified atom stereocenters. The van der Waals surface area contributed by atoms with Crippen molar-refractivity contribution in [1.29, 1.82) is 0 Å². The van der Waals surface area contributed by atoms with E-state index in [4.69, 9.17) is 4.74 Å². The molecular formula is C26H24IN3O3. The molecule has 33 heavy (non-hydrogen) atoms. The Bertz CT molecular complexity index is 1140. The van der Waals surface area contributed by atoms with Crippen LogP contribution in [0.4, 0.5) is 0 Å². The van der Waals surface area contributed by atoms with Gasteiger partial charge < -0.3 is 10.1 Å². The van der Waals surface area contributed by atoms with Gasteiger partial charge in [-0.05, 0) is 71.0 Å².